The van der Waals surface area contributed by atoms with Gasteiger partial charge in [0.25, 0.3) is 0 Å². The molecular formula is C45H87N2O6P. The molecule has 0 aliphatic rings. The molecule has 0 fully saturated rings. The molecule has 0 radical (unpaired) electrons. The van der Waals surface area contributed by atoms with Gasteiger partial charge in [0.15, 0.2) is 0 Å². The van der Waals surface area contributed by atoms with Crippen molar-refractivity contribution in [2.75, 3.05) is 19.8 Å². The first-order valence-corrected chi connectivity index (χ1v) is 24.1. The van der Waals surface area contributed by atoms with Gasteiger partial charge in [-0.1, -0.05) is 198 Å². The Bertz CT molecular complexity index is 943. The molecule has 5 N–H and O–H groups in total. The zero-order valence-corrected chi connectivity index (χ0v) is 36.1. The van der Waals surface area contributed by atoms with E-state index in [-0.39, 0.29) is 25.7 Å². The van der Waals surface area contributed by atoms with Crippen molar-refractivity contribution in [3.63, 3.8) is 0 Å². The molecule has 0 aromatic heterocycles. The minimum Gasteiger partial charge on any atom is -0.387 e. The smallest absolute Gasteiger partial charge is 0.387 e. The van der Waals surface area contributed by atoms with E-state index in [4.69, 9.17) is 14.8 Å². The molecule has 9 heteroatoms. The second kappa shape index (κ2) is 41.4. The predicted molar refractivity (Wildman–Crippen MR) is 231 cm³/mol. The molecule has 3 atom stereocenters. The van der Waals surface area contributed by atoms with Crippen LogP contribution in [0.5, 0.6) is 0 Å². The van der Waals surface area contributed by atoms with Gasteiger partial charge >= 0.3 is 7.82 Å². The second-order valence-electron chi connectivity index (χ2n) is 15.2. The van der Waals surface area contributed by atoms with Crippen molar-refractivity contribution >= 4 is 13.7 Å². The van der Waals surface area contributed by atoms with Gasteiger partial charge in [-0.15, -0.1) is 0 Å². The standard InChI is InChI=1S/C45H87N2O6P/c1-3-5-7-9-11-13-15-17-19-21-23-24-26-28-30-32-34-36-38-44(48)43(42-53-54(50,51)52-41-40-46)47-45(49)39-37-35-33-31-29-27-25-22-20-18-16-14-12-10-8-6-4-2/h21,23,28,30,36,38,43-44,48H,3-20,22,24-27,29,31-35,37,39-42,46H2,1-2H3,(H,47,49)(H,50,51)/b23-21+,30-28+,38-36+. The summed E-state index contributed by atoms with van der Waals surface area (Å²) in [6.45, 7) is 4.12. The third kappa shape index (κ3) is 39.0. The molecule has 0 saturated heterocycles. The Kier molecular flexibility index (Phi) is 40.4. The summed E-state index contributed by atoms with van der Waals surface area (Å²) in [4.78, 5) is 22.7. The molecule has 1 amide bonds. The van der Waals surface area contributed by atoms with Crippen LogP contribution in [0.25, 0.3) is 0 Å². The summed E-state index contributed by atoms with van der Waals surface area (Å²) >= 11 is 0. The number of phosphoric acid groups is 1. The van der Waals surface area contributed by atoms with Gasteiger partial charge in [0.2, 0.25) is 5.91 Å². The van der Waals surface area contributed by atoms with Gasteiger partial charge in [0, 0.05) is 13.0 Å². The van der Waals surface area contributed by atoms with Crippen LogP contribution in [-0.2, 0) is 18.4 Å². The SMILES string of the molecule is CCCCCCCCCC/C=C/CC/C=C/CC/C=C/C(O)C(COP(=O)(O)OCCN)NC(=O)CCCCCCCCCCCCCCCCCCC. The molecule has 0 aliphatic heterocycles. The highest BCUT2D eigenvalue weighted by atomic mass is 31.2. The van der Waals surface area contributed by atoms with Crippen LogP contribution in [0.15, 0.2) is 36.5 Å². The van der Waals surface area contributed by atoms with Gasteiger partial charge in [-0.25, -0.2) is 4.57 Å². The topological polar surface area (TPSA) is 131 Å². The molecule has 0 aliphatic carbocycles. The molecule has 54 heavy (non-hydrogen) atoms. The quantitative estimate of drug-likeness (QED) is 0.0275. The van der Waals surface area contributed by atoms with E-state index in [1.165, 1.54) is 148 Å². The molecule has 0 bridgehead atoms. The van der Waals surface area contributed by atoms with Crippen molar-refractivity contribution < 1.29 is 28.4 Å². The highest BCUT2D eigenvalue weighted by Crippen LogP contribution is 2.43. The van der Waals surface area contributed by atoms with Crippen LogP contribution in [0, 0.1) is 0 Å². The average molecular weight is 783 g/mol. The summed E-state index contributed by atoms with van der Waals surface area (Å²) in [5.74, 6) is -0.206. The van der Waals surface area contributed by atoms with Gasteiger partial charge in [-0.05, 0) is 44.9 Å². The number of hydrogen-bond acceptors (Lipinski definition) is 6. The summed E-state index contributed by atoms with van der Waals surface area (Å²) in [6.07, 6.45) is 49.1. The fourth-order valence-corrected chi connectivity index (χ4v) is 7.28. The molecular weight excluding hydrogens is 695 g/mol. The van der Waals surface area contributed by atoms with Crippen molar-refractivity contribution in [1.82, 2.24) is 5.32 Å². The van der Waals surface area contributed by atoms with Crippen molar-refractivity contribution in [3.05, 3.63) is 36.5 Å². The zero-order valence-electron chi connectivity index (χ0n) is 35.2. The fourth-order valence-electron chi connectivity index (χ4n) is 6.52. The highest BCUT2D eigenvalue weighted by molar-refractivity contribution is 7.47. The molecule has 0 spiro atoms. The largest absolute Gasteiger partial charge is 0.472 e. The van der Waals surface area contributed by atoms with Gasteiger partial charge in [0.05, 0.1) is 25.4 Å². The Hall–Kier alpha value is -1.28. The average Bonchev–Trinajstić information content (AvgIpc) is 3.16. The Morgan fingerprint density at radius 2 is 0.981 bits per heavy atom. The van der Waals surface area contributed by atoms with Crippen LogP contribution < -0.4 is 11.1 Å². The Balaban J connectivity index is 4.26. The number of aliphatic hydroxyl groups excluding tert-OH is 1. The zero-order chi connectivity index (χ0) is 39.6. The molecule has 8 nitrogen and oxygen atoms in total. The van der Waals surface area contributed by atoms with Gasteiger partial charge in [0.1, 0.15) is 0 Å². The lowest BCUT2D eigenvalue weighted by atomic mass is 10.0. The van der Waals surface area contributed by atoms with Crippen LogP contribution in [0.1, 0.15) is 213 Å². The van der Waals surface area contributed by atoms with E-state index in [0.717, 1.165) is 44.9 Å². The summed E-state index contributed by atoms with van der Waals surface area (Å²) in [5.41, 5.74) is 5.37. The number of carbonyl (C=O) groups is 1. The van der Waals surface area contributed by atoms with E-state index < -0.39 is 20.0 Å². The lowest BCUT2D eigenvalue weighted by molar-refractivity contribution is -0.123. The monoisotopic (exact) mass is 783 g/mol. The van der Waals surface area contributed by atoms with E-state index in [1.807, 2.05) is 6.08 Å². The Morgan fingerprint density at radius 3 is 1.43 bits per heavy atom. The third-order valence-corrected chi connectivity index (χ3v) is 10.9. The number of rotatable bonds is 42. The summed E-state index contributed by atoms with van der Waals surface area (Å²) in [6, 6.07) is -0.880. The van der Waals surface area contributed by atoms with E-state index in [0.29, 0.717) is 6.42 Å². The predicted octanol–water partition coefficient (Wildman–Crippen LogP) is 12.7. The first-order chi connectivity index (χ1) is 26.4. The maximum Gasteiger partial charge on any atom is 0.472 e. The number of nitrogens with one attached hydrogen (secondary N) is 1. The molecule has 3 unspecified atom stereocenters. The number of allylic oxidation sites excluding steroid dienone is 5. The number of unbranched alkanes of at least 4 members (excludes halogenated alkanes) is 26. The molecule has 0 aromatic rings. The fraction of sp³-hybridized carbons (Fsp3) is 0.844. The Labute approximate surface area is 333 Å². The number of carbonyl (C=O) groups excluding carboxylic acids is 1. The second-order valence-corrected chi connectivity index (χ2v) is 16.7. The summed E-state index contributed by atoms with van der Waals surface area (Å²) in [7, 11) is -4.35. The van der Waals surface area contributed by atoms with Crippen LogP contribution in [0.3, 0.4) is 0 Å². The number of nitrogens with two attached hydrogens (primary N) is 1. The van der Waals surface area contributed by atoms with Gasteiger partial charge in [-0.3, -0.25) is 13.8 Å². The van der Waals surface area contributed by atoms with Crippen LogP contribution in [0.2, 0.25) is 0 Å². The molecule has 318 valence electrons. The van der Waals surface area contributed by atoms with E-state index in [1.54, 1.807) is 6.08 Å². The maximum absolute atomic E-state index is 12.8. The summed E-state index contributed by atoms with van der Waals surface area (Å²) < 4.78 is 22.1. The summed E-state index contributed by atoms with van der Waals surface area (Å²) in [5, 5.41) is 13.7. The third-order valence-electron chi connectivity index (χ3n) is 9.95. The van der Waals surface area contributed by atoms with E-state index in [2.05, 4.69) is 43.5 Å². The van der Waals surface area contributed by atoms with Crippen LogP contribution in [-0.4, -0.2) is 47.8 Å². The maximum atomic E-state index is 12.8. The first-order valence-electron chi connectivity index (χ1n) is 22.6. The van der Waals surface area contributed by atoms with Crippen molar-refractivity contribution in [2.45, 2.75) is 225 Å². The normalized spacial score (nSPS) is 14.4. The molecule has 0 saturated carbocycles. The van der Waals surface area contributed by atoms with Crippen molar-refractivity contribution in [2.24, 2.45) is 5.73 Å². The lowest BCUT2D eigenvalue weighted by Gasteiger charge is -2.23. The molecule has 0 heterocycles. The van der Waals surface area contributed by atoms with E-state index >= 15 is 0 Å². The number of phosphoric ester groups is 1. The Morgan fingerprint density at radius 1 is 0.593 bits per heavy atom. The highest BCUT2D eigenvalue weighted by Gasteiger charge is 2.26. The van der Waals surface area contributed by atoms with Crippen molar-refractivity contribution in [3.8, 4) is 0 Å². The van der Waals surface area contributed by atoms with Gasteiger partial charge in [-0.2, -0.15) is 0 Å². The molecule has 0 aromatic carbocycles. The molecule has 0 rings (SSSR count). The number of aliphatic hydroxyl groups is 1. The minimum atomic E-state index is -4.35. The minimum absolute atomic E-state index is 0.0727. The van der Waals surface area contributed by atoms with Crippen LogP contribution in [0.4, 0.5) is 0 Å². The number of amides is 1. The first kappa shape index (κ1) is 52.7. The number of hydrogen-bond donors (Lipinski definition) is 4. The van der Waals surface area contributed by atoms with Crippen LogP contribution >= 0.6 is 7.82 Å². The van der Waals surface area contributed by atoms with Gasteiger partial charge < -0.3 is 21.1 Å². The lowest BCUT2D eigenvalue weighted by Crippen LogP contribution is -2.45. The van der Waals surface area contributed by atoms with E-state index in [9.17, 15) is 19.4 Å². The van der Waals surface area contributed by atoms with Crippen molar-refractivity contribution in [1.29, 1.82) is 0 Å².